The lowest BCUT2D eigenvalue weighted by atomic mass is 10.0. The highest BCUT2D eigenvalue weighted by Crippen LogP contribution is 2.21. The third-order valence-electron chi connectivity index (χ3n) is 4.62. The van der Waals surface area contributed by atoms with Crippen LogP contribution in [0.2, 0.25) is 0 Å². The first kappa shape index (κ1) is 19.6. The van der Waals surface area contributed by atoms with Gasteiger partial charge in [0.25, 0.3) is 6.47 Å². The number of imidazole rings is 1. The Morgan fingerprint density at radius 3 is 2.79 bits per heavy atom. The summed E-state index contributed by atoms with van der Waals surface area (Å²) in [5, 5.41) is 9.25. The van der Waals surface area contributed by atoms with E-state index in [1.54, 1.807) is 6.20 Å². The van der Waals surface area contributed by atoms with Crippen LogP contribution in [0.3, 0.4) is 0 Å². The number of amides is 1. The largest absolute Gasteiger partial charge is 0.483 e. The summed E-state index contributed by atoms with van der Waals surface area (Å²) in [6.07, 6.45) is 2.02. The van der Waals surface area contributed by atoms with Crippen molar-refractivity contribution in [2.75, 3.05) is 19.7 Å². The molecule has 1 saturated heterocycles. The molecule has 1 aliphatic rings. The maximum Gasteiger partial charge on any atom is 0.290 e. The minimum absolute atomic E-state index is 0.131. The molecule has 28 heavy (non-hydrogen) atoms. The molecule has 146 valence electrons. The van der Waals surface area contributed by atoms with E-state index in [1.807, 2.05) is 30.0 Å². The van der Waals surface area contributed by atoms with Gasteiger partial charge in [-0.25, -0.2) is 4.98 Å². The number of aromatic amines is 1. The Hall–Kier alpha value is -3.19. The monoisotopic (exact) mass is 381 g/mol. The number of fused-ring (bicyclic) bond motifs is 1. The number of carboxylic acid groups (broad SMARTS) is 1. The van der Waals surface area contributed by atoms with Gasteiger partial charge in [-0.15, -0.1) is 0 Å². The average Bonchev–Trinajstić information content (AvgIpc) is 3.15. The zero-order valence-corrected chi connectivity index (χ0v) is 15.7. The molecule has 1 unspecified atom stereocenters. The topological polar surface area (TPSA) is 95.5 Å². The van der Waals surface area contributed by atoms with Gasteiger partial charge in [-0.2, -0.15) is 0 Å². The van der Waals surface area contributed by atoms with Crippen LogP contribution in [0.5, 0.6) is 0 Å². The highest BCUT2D eigenvalue weighted by molar-refractivity contribution is 5.85. The molecule has 4 rings (SSSR count). The van der Waals surface area contributed by atoms with E-state index < -0.39 is 0 Å². The number of nitrogens with zero attached hydrogens (tertiary/aromatic N) is 2. The highest BCUT2D eigenvalue weighted by Gasteiger charge is 2.27. The number of benzene rings is 2. The predicted octanol–water partition coefficient (Wildman–Crippen LogP) is 2.71. The first-order valence-electron chi connectivity index (χ1n) is 9.07. The van der Waals surface area contributed by atoms with Gasteiger partial charge in [-0.1, -0.05) is 42.5 Å². The van der Waals surface area contributed by atoms with Crippen LogP contribution in [0.15, 0.2) is 48.7 Å². The summed E-state index contributed by atoms with van der Waals surface area (Å²) in [5.74, 6) is 0.924. The average molecular weight is 381 g/mol. The van der Waals surface area contributed by atoms with Crippen molar-refractivity contribution in [3.05, 3.63) is 65.7 Å². The summed E-state index contributed by atoms with van der Waals surface area (Å²) in [7, 11) is 0. The van der Waals surface area contributed by atoms with Crippen molar-refractivity contribution >= 4 is 23.2 Å². The van der Waals surface area contributed by atoms with Crippen molar-refractivity contribution in [1.29, 1.82) is 0 Å². The zero-order chi connectivity index (χ0) is 19.9. The van der Waals surface area contributed by atoms with E-state index in [0.717, 1.165) is 17.1 Å². The fourth-order valence-corrected chi connectivity index (χ4v) is 3.27. The molecule has 2 heterocycles. The Morgan fingerprint density at radius 1 is 1.32 bits per heavy atom. The van der Waals surface area contributed by atoms with Crippen LogP contribution >= 0.6 is 0 Å². The Labute approximate surface area is 163 Å². The number of hydrogen-bond donors (Lipinski definition) is 2. The molecule has 7 heteroatoms. The molecule has 2 aromatic carbocycles. The van der Waals surface area contributed by atoms with Crippen LogP contribution in [0.25, 0.3) is 10.8 Å². The summed E-state index contributed by atoms with van der Waals surface area (Å²) in [4.78, 5) is 30.5. The summed E-state index contributed by atoms with van der Waals surface area (Å²) in [6, 6.07) is 14.4. The molecule has 1 atom stereocenters. The number of hydrogen-bond acceptors (Lipinski definition) is 4. The minimum Gasteiger partial charge on any atom is -0.483 e. The third-order valence-corrected chi connectivity index (χ3v) is 4.62. The van der Waals surface area contributed by atoms with Crippen LogP contribution < -0.4 is 0 Å². The van der Waals surface area contributed by atoms with Crippen LogP contribution in [-0.2, 0) is 20.7 Å². The molecular weight excluding hydrogens is 358 g/mol. The second-order valence-electron chi connectivity index (χ2n) is 6.61. The number of nitrogens with one attached hydrogen (secondary N) is 1. The molecule has 1 aromatic heterocycles. The molecule has 7 nitrogen and oxygen atoms in total. The van der Waals surface area contributed by atoms with Gasteiger partial charge in [0.1, 0.15) is 11.9 Å². The van der Waals surface area contributed by atoms with E-state index in [9.17, 15) is 4.79 Å². The number of rotatable bonds is 3. The van der Waals surface area contributed by atoms with E-state index in [0.29, 0.717) is 26.1 Å². The number of carbonyl (C=O) groups is 2. The quantitative estimate of drug-likeness (QED) is 0.680. The first-order chi connectivity index (χ1) is 13.6. The van der Waals surface area contributed by atoms with Crippen LogP contribution in [0.1, 0.15) is 23.2 Å². The van der Waals surface area contributed by atoms with Gasteiger partial charge in [0.15, 0.2) is 0 Å². The van der Waals surface area contributed by atoms with Gasteiger partial charge in [-0.3, -0.25) is 9.59 Å². The van der Waals surface area contributed by atoms with Crippen molar-refractivity contribution in [2.45, 2.75) is 19.4 Å². The van der Waals surface area contributed by atoms with E-state index in [1.165, 1.54) is 10.8 Å². The predicted molar refractivity (Wildman–Crippen MR) is 105 cm³/mol. The number of aromatic nitrogens is 2. The van der Waals surface area contributed by atoms with Crippen molar-refractivity contribution in [1.82, 2.24) is 14.9 Å². The van der Waals surface area contributed by atoms with E-state index in [-0.39, 0.29) is 18.5 Å². The number of carbonyl (C=O) groups excluding carboxylic acids is 1. The smallest absolute Gasteiger partial charge is 0.290 e. The van der Waals surface area contributed by atoms with E-state index >= 15 is 0 Å². The third kappa shape index (κ3) is 4.75. The molecule has 3 aromatic rings. The number of aryl methyl sites for hydroxylation is 1. The first-order valence-corrected chi connectivity index (χ1v) is 9.07. The highest BCUT2D eigenvalue weighted by atomic mass is 16.5. The normalized spacial score (nSPS) is 16.3. The second kappa shape index (κ2) is 9.14. The van der Waals surface area contributed by atoms with Gasteiger partial charge < -0.3 is 19.7 Å². The molecule has 0 aliphatic carbocycles. The van der Waals surface area contributed by atoms with Crippen LogP contribution in [-0.4, -0.2) is 52.1 Å². The summed E-state index contributed by atoms with van der Waals surface area (Å²) in [5.41, 5.74) is 2.04. The van der Waals surface area contributed by atoms with Crippen LogP contribution in [0.4, 0.5) is 0 Å². The van der Waals surface area contributed by atoms with Gasteiger partial charge in [0.2, 0.25) is 5.91 Å². The molecule has 1 amide bonds. The molecule has 1 aliphatic heterocycles. The maximum atomic E-state index is 12.7. The van der Waals surface area contributed by atoms with Crippen molar-refractivity contribution in [2.24, 2.45) is 0 Å². The lowest BCUT2D eigenvalue weighted by Crippen LogP contribution is -2.43. The van der Waals surface area contributed by atoms with Gasteiger partial charge in [0.05, 0.1) is 19.6 Å². The second-order valence-corrected chi connectivity index (χ2v) is 6.61. The Bertz CT molecular complexity index is 953. The number of H-pyrrole nitrogens is 1. The molecule has 0 bridgehead atoms. The Balaban J connectivity index is 0.000000706. The lowest BCUT2D eigenvalue weighted by Gasteiger charge is -2.32. The fourth-order valence-electron chi connectivity index (χ4n) is 3.27. The lowest BCUT2D eigenvalue weighted by molar-refractivity contribution is -0.138. The Morgan fingerprint density at radius 2 is 2.07 bits per heavy atom. The molecule has 1 fully saturated rings. The number of morpholine rings is 1. The van der Waals surface area contributed by atoms with Crippen LogP contribution in [0, 0.1) is 6.92 Å². The standard InChI is InChI=1S/C20H21N3O2.CH2O2/c1-14-12-21-20(22-14)18-13-23(8-9-25-18)19(24)11-15-6-7-16-4-2-3-5-17(16)10-15;2-1-3/h2-7,10,12,18H,8-9,11,13H2,1H3,(H,21,22);1H,(H,2,3). The molecular formula is C21H23N3O4. The number of ether oxygens (including phenoxy) is 1. The summed E-state index contributed by atoms with van der Waals surface area (Å²) < 4.78 is 5.78. The minimum atomic E-state index is -0.250. The van der Waals surface area contributed by atoms with E-state index in [2.05, 4.69) is 34.2 Å². The van der Waals surface area contributed by atoms with Gasteiger partial charge in [0, 0.05) is 18.4 Å². The zero-order valence-electron chi connectivity index (χ0n) is 15.7. The summed E-state index contributed by atoms with van der Waals surface area (Å²) >= 11 is 0. The SMILES string of the molecule is Cc1cnc(C2CN(C(=O)Cc3ccc4ccccc4c3)CCO2)[nH]1.O=CO. The fraction of sp³-hybridized carbons (Fsp3) is 0.286. The Kier molecular flexibility index (Phi) is 6.39. The van der Waals surface area contributed by atoms with Gasteiger partial charge in [-0.05, 0) is 23.3 Å². The van der Waals surface area contributed by atoms with Gasteiger partial charge >= 0.3 is 0 Å². The molecule has 2 N–H and O–H groups in total. The molecule has 0 spiro atoms. The van der Waals surface area contributed by atoms with E-state index in [4.69, 9.17) is 14.6 Å². The maximum absolute atomic E-state index is 12.7. The van der Waals surface area contributed by atoms with Crippen molar-refractivity contribution < 1.29 is 19.4 Å². The summed E-state index contributed by atoms with van der Waals surface area (Å²) in [6.45, 7) is 3.41. The molecule has 0 saturated carbocycles. The van der Waals surface area contributed by atoms with Crippen molar-refractivity contribution in [3.63, 3.8) is 0 Å². The molecule has 0 radical (unpaired) electrons. The van der Waals surface area contributed by atoms with Crippen molar-refractivity contribution in [3.8, 4) is 0 Å².